The number of likely N-dealkylation sites (N-methyl/N-ethyl adjacent to an activating group) is 1. The molecule has 0 aliphatic carbocycles. The molecule has 2 aromatic carbocycles. The molecule has 2 aromatic rings. The molecule has 5 nitrogen and oxygen atoms in total. The topological polar surface area (TPSA) is 58.6 Å². The number of carbonyl (C=O) groups is 2. The van der Waals surface area contributed by atoms with Crippen molar-refractivity contribution in [1.82, 2.24) is 5.32 Å². The van der Waals surface area contributed by atoms with E-state index in [-0.39, 0.29) is 24.8 Å². The number of rotatable bonds is 7. The molecule has 0 radical (unpaired) electrons. The van der Waals surface area contributed by atoms with Gasteiger partial charge in [0, 0.05) is 12.2 Å². The summed E-state index contributed by atoms with van der Waals surface area (Å²) in [5.41, 5.74) is 1.70. The van der Waals surface area contributed by atoms with Crippen LogP contribution >= 0.6 is 0 Å². The van der Waals surface area contributed by atoms with Gasteiger partial charge in [-0.05, 0) is 36.8 Å². The van der Waals surface area contributed by atoms with Crippen molar-refractivity contribution in [3.8, 4) is 5.75 Å². The Kier molecular flexibility index (Phi) is 6.37. The molecule has 24 heavy (non-hydrogen) atoms. The Morgan fingerprint density at radius 1 is 1.04 bits per heavy atom. The molecule has 2 rings (SSSR count). The number of ether oxygens (including phenoxy) is 1. The van der Waals surface area contributed by atoms with E-state index in [1.807, 2.05) is 61.5 Å². The molecule has 5 heteroatoms. The fourth-order valence-corrected chi connectivity index (χ4v) is 2.37. The van der Waals surface area contributed by atoms with Gasteiger partial charge >= 0.3 is 0 Å². The highest BCUT2D eigenvalue weighted by Crippen LogP contribution is 2.13. The molecule has 0 aromatic heterocycles. The van der Waals surface area contributed by atoms with Gasteiger partial charge in [-0.1, -0.05) is 30.3 Å². The fraction of sp³-hybridized carbons (Fsp3) is 0.263. The molecule has 1 N–H and O–H groups in total. The number of nitrogens with zero attached hydrogens (tertiary/aromatic N) is 1. The molecular weight excluding hydrogens is 304 g/mol. The fourth-order valence-electron chi connectivity index (χ4n) is 2.37. The highest BCUT2D eigenvalue weighted by molar-refractivity contribution is 5.96. The lowest BCUT2D eigenvalue weighted by Crippen LogP contribution is -2.40. The van der Waals surface area contributed by atoms with Crippen molar-refractivity contribution in [3.63, 3.8) is 0 Å². The molecule has 0 fully saturated rings. The van der Waals surface area contributed by atoms with Crippen LogP contribution in [0.25, 0.3) is 0 Å². The molecule has 0 atom stereocenters. The molecule has 0 bridgehead atoms. The summed E-state index contributed by atoms with van der Waals surface area (Å²) in [5, 5.41) is 2.68. The van der Waals surface area contributed by atoms with E-state index < -0.39 is 0 Å². The van der Waals surface area contributed by atoms with Gasteiger partial charge in [-0.25, -0.2) is 0 Å². The van der Waals surface area contributed by atoms with Gasteiger partial charge in [-0.3, -0.25) is 9.59 Å². The maximum absolute atomic E-state index is 12.3. The minimum atomic E-state index is -0.183. The Bertz CT molecular complexity index is 669. The third kappa shape index (κ3) is 4.84. The van der Waals surface area contributed by atoms with E-state index in [0.717, 1.165) is 17.0 Å². The SMILES string of the molecule is CCN(C(=O)CNC(=O)Cc1ccc(OC)cc1)c1ccccc1. The van der Waals surface area contributed by atoms with Gasteiger partial charge in [0.1, 0.15) is 5.75 Å². The largest absolute Gasteiger partial charge is 0.497 e. The molecular formula is C19H22N2O3. The second kappa shape index (κ2) is 8.72. The van der Waals surface area contributed by atoms with Gasteiger partial charge in [0.15, 0.2) is 0 Å². The maximum atomic E-state index is 12.3. The van der Waals surface area contributed by atoms with E-state index in [9.17, 15) is 9.59 Å². The first-order chi connectivity index (χ1) is 11.6. The Balaban J connectivity index is 1.86. The number of benzene rings is 2. The first kappa shape index (κ1) is 17.5. The number of anilines is 1. The van der Waals surface area contributed by atoms with E-state index in [2.05, 4.69) is 5.32 Å². The van der Waals surface area contributed by atoms with E-state index in [1.165, 1.54) is 0 Å². The summed E-state index contributed by atoms with van der Waals surface area (Å²) in [6, 6.07) is 16.7. The predicted molar refractivity (Wildman–Crippen MR) is 94.2 cm³/mol. The van der Waals surface area contributed by atoms with Crippen molar-refractivity contribution in [2.24, 2.45) is 0 Å². The van der Waals surface area contributed by atoms with Gasteiger partial charge in [0.25, 0.3) is 0 Å². The number of carbonyl (C=O) groups excluding carboxylic acids is 2. The molecule has 126 valence electrons. The zero-order chi connectivity index (χ0) is 17.4. The molecule has 0 spiro atoms. The van der Waals surface area contributed by atoms with Crippen LogP contribution in [-0.4, -0.2) is 32.0 Å². The Labute approximate surface area is 142 Å². The summed E-state index contributed by atoms with van der Waals surface area (Å²) in [6.07, 6.45) is 0.231. The standard InChI is InChI=1S/C19H22N2O3/c1-3-21(16-7-5-4-6-8-16)19(23)14-20-18(22)13-15-9-11-17(24-2)12-10-15/h4-12H,3,13-14H2,1-2H3,(H,20,22). The maximum Gasteiger partial charge on any atom is 0.246 e. The van der Waals surface area contributed by atoms with Crippen LogP contribution < -0.4 is 15.0 Å². The Morgan fingerprint density at radius 2 is 1.71 bits per heavy atom. The summed E-state index contributed by atoms with van der Waals surface area (Å²) in [4.78, 5) is 26.0. The van der Waals surface area contributed by atoms with Crippen molar-refractivity contribution in [1.29, 1.82) is 0 Å². The van der Waals surface area contributed by atoms with Crippen LogP contribution in [0.3, 0.4) is 0 Å². The smallest absolute Gasteiger partial charge is 0.246 e. The minimum absolute atomic E-state index is 0.0161. The van der Waals surface area contributed by atoms with Crippen LogP contribution in [0.2, 0.25) is 0 Å². The lowest BCUT2D eigenvalue weighted by Gasteiger charge is -2.21. The first-order valence-corrected chi connectivity index (χ1v) is 7.89. The van der Waals surface area contributed by atoms with E-state index in [4.69, 9.17) is 4.74 Å². The second-order valence-corrected chi connectivity index (χ2v) is 5.28. The van der Waals surface area contributed by atoms with Crippen LogP contribution in [0.4, 0.5) is 5.69 Å². The van der Waals surface area contributed by atoms with Crippen LogP contribution in [0, 0.1) is 0 Å². The molecule has 0 heterocycles. The van der Waals surface area contributed by atoms with Crippen molar-refractivity contribution in [3.05, 3.63) is 60.2 Å². The molecule has 0 unspecified atom stereocenters. The van der Waals surface area contributed by atoms with Crippen molar-refractivity contribution in [2.75, 3.05) is 25.1 Å². The molecule has 0 aliphatic heterocycles. The normalized spacial score (nSPS) is 10.1. The van der Waals surface area contributed by atoms with Crippen molar-refractivity contribution in [2.45, 2.75) is 13.3 Å². The zero-order valence-corrected chi connectivity index (χ0v) is 14.0. The van der Waals surface area contributed by atoms with Crippen molar-refractivity contribution >= 4 is 17.5 Å². The third-order valence-electron chi connectivity index (χ3n) is 3.65. The highest BCUT2D eigenvalue weighted by atomic mass is 16.5. The van der Waals surface area contributed by atoms with E-state index in [0.29, 0.717) is 6.54 Å². The van der Waals surface area contributed by atoms with Crippen LogP contribution in [0.15, 0.2) is 54.6 Å². The number of hydrogen-bond donors (Lipinski definition) is 1. The minimum Gasteiger partial charge on any atom is -0.497 e. The van der Waals surface area contributed by atoms with Gasteiger partial charge in [-0.15, -0.1) is 0 Å². The molecule has 0 saturated carbocycles. The van der Waals surface area contributed by atoms with Crippen molar-refractivity contribution < 1.29 is 14.3 Å². The predicted octanol–water partition coefficient (Wildman–Crippen LogP) is 2.41. The lowest BCUT2D eigenvalue weighted by atomic mass is 10.1. The summed E-state index contributed by atoms with van der Waals surface area (Å²) in [7, 11) is 1.60. The van der Waals surface area contributed by atoms with Gasteiger partial charge in [0.05, 0.1) is 20.1 Å². The number of hydrogen-bond acceptors (Lipinski definition) is 3. The summed E-state index contributed by atoms with van der Waals surface area (Å²) < 4.78 is 5.08. The molecule has 0 aliphatic rings. The quantitative estimate of drug-likeness (QED) is 0.850. The number of amides is 2. The number of nitrogens with one attached hydrogen (secondary N) is 1. The molecule has 0 saturated heterocycles. The lowest BCUT2D eigenvalue weighted by molar-refractivity contribution is -0.124. The van der Waals surface area contributed by atoms with Crippen LogP contribution in [0.5, 0.6) is 5.75 Å². The van der Waals surface area contributed by atoms with Gasteiger partial charge in [0.2, 0.25) is 11.8 Å². The van der Waals surface area contributed by atoms with E-state index in [1.54, 1.807) is 12.0 Å². The number of methoxy groups -OCH3 is 1. The third-order valence-corrected chi connectivity index (χ3v) is 3.65. The summed E-state index contributed by atoms with van der Waals surface area (Å²) in [6.45, 7) is 2.44. The summed E-state index contributed by atoms with van der Waals surface area (Å²) >= 11 is 0. The Hall–Kier alpha value is -2.82. The second-order valence-electron chi connectivity index (χ2n) is 5.28. The zero-order valence-electron chi connectivity index (χ0n) is 14.0. The number of para-hydroxylation sites is 1. The first-order valence-electron chi connectivity index (χ1n) is 7.89. The van der Waals surface area contributed by atoms with Gasteiger partial charge < -0.3 is 15.0 Å². The Morgan fingerprint density at radius 3 is 2.29 bits per heavy atom. The van der Waals surface area contributed by atoms with Crippen LogP contribution in [-0.2, 0) is 16.0 Å². The monoisotopic (exact) mass is 326 g/mol. The average Bonchev–Trinajstić information content (AvgIpc) is 2.62. The van der Waals surface area contributed by atoms with E-state index >= 15 is 0 Å². The summed E-state index contributed by atoms with van der Waals surface area (Å²) in [5.74, 6) is 0.431. The highest BCUT2D eigenvalue weighted by Gasteiger charge is 2.14. The molecule has 2 amide bonds. The average molecular weight is 326 g/mol. The van der Waals surface area contributed by atoms with Gasteiger partial charge in [-0.2, -0.15) is 0 Å². The van der Waals surface area contributed by atoms with Crippen LogP contribution in [0.1, 0.15) is 12.5 Å².